The van der Waals surface area contributed by atoms with Crippen LogP contribution in [0, 0.1) is 13.8 Å². The average Bonchev–Trinajstić information content (AvgIpc) is 2.84. The Hall–Kier alpha value is -1.73. The van der Waals surface area contributed by atoms with Crippen LogP contribution in [0.5, 0.6) is 0 Å². The SMILES string of the molecule is Cc1ccc(S(=O)(=O)NC(C)Cn2cncn2)cc1C. The maximum Gasteiger partial charge on any atom is 0.240 e. The van der Waals surface area contributed by atoms with E-state index in [1.54, 1.807) is 30.1 Å². The van der Waals surface area contributed by atoms with E-state index in [1.165, 1.54) is 6.33 Å². The van der Waals surface area contributed by atoms with E-state index in [-0.39, 0.29) is 10.9 Å². The third kappa shape index (κ3) is 3.43. The molecule has 0 saturated heterocycles. The standard InChI is InChI=1S/C13H18N4O2S/c1-10-4-5-13(6-11(10)2)20(18,19)16-12(3)7-17-9-14-8-15-17/h4-6,8-9,12,16H,7H2,1-3H3. The Kier molecular flexibility index (Phi) is 4.20. The lowest BCUT2D eigenvalue weighted by Crippen LogP contribution is -2.35. The molecule has 1 heterocycles. The highest BCUT2D eigenvalue weighted by atomic mass is 32.2. The Bertz CT molecular complexity index is 680. The van der Waals surface area contributed by atoms with Crippen LogP contribution >= 0.6 is 0 Å². The first-order valence-electron chi connectivity index (χ1n) is 6.30. The van der Waals surface area contributed by atoms with E-state index >= 15 is 0 Å². The molecule has 0 amide bonds. The maximum absolute atomic E-state index is 12.3. The van der Waals surface area contributed by atoms with Crippen LogP contribution in [0.4, 0.5) is 0 Å². The van der Waals surface area contributed by atoms with E-state index < -0.39 is 10.0 Å². The van der Waals surface area contributed by atoms with Gasteiger partial charge < -0.3 is 0 Å². The van der Waals surface area contributed by atoms with Gasteiger partial charge >= 0.3 is 0 Å². The molecule has 1 atom stereocenters. The fourth-order valence-electron chi connectivity index (χ4n) is 1.86. The molecule has 0 saturated carbocycles. The van der Waals surface area contributed by atoms with E-state index in [9.17, 15) is 8.42 Å². The first-order chi connectivity index (χ1) is 9.38. The summed E-state index contributed by atoms with van der Waals surface area (Å²) >= 11 is 0. The number of rotatable bonds is 5. The fourth-order valence-corrected chi connectivity index (χ4v) is 3.18. The van der Waals surface area contributed by atoms with Gasteiger partial charge in [-0.25, -0.2) is 18.1 Å². The van der Waals surface area contributed by atoms with Crippen molar-refractivity contribution in [2.75, 3.05) is 0 Å². The topological polar surface area (TPSA) is 76.9 Å². The third-order valence-corrected chi connectivity index (χ3v) is 4.66. The molecular weight excluding hydrogens is 276 g/mol. The normalized spacial score (nSPS) is 13.3. The summed E-state index contributed by atoms with van der Waals surface area (Å²) in [5.41, 5.74) is 2.02. The minimum Gasteiger partial charge on any atom is -0.251 e. The van der Waals surface area contributed by atoms with Crippen molar-refractivity contribution in [1.82, 2.24) is 19.5 Å². The molecule has 0 fully saturated rings. The molecule has 0 aliphatic carbocycles. The van der Waals surface area contributed by atoms with Crippen LogP contribution in [0.15, 0.2) is 35.7 Å². The largest absolute Gasteiger partial charge is 0.251 e. The van der Waals surface area contributed by atoms with E-state index in [0.29, 0.717) is 6.54 Å². The number of hydrogen-bond acceptors (Lipinski definition) is 4. The Balaban J connectivity index is 2.12. The quantitative estimate of drug-likeness (QED) is 0.900. The van der Waals surface area contributed by atoms with E-state index in [0.717, 1.165) is 11.1 Å². The van der Waals surface area contributed by atoms with Gasteiger partial charge in [-0.2, -0.15) is 5.10 Å². The summed E-state index contributed by atoms with van der Waals surface area (Å²) in [5.74, 6) is 0. The zero-order chi connectivity index (χ0) is 14.8. The average molecular weight is 294 g/mol. The van der Waals surface area contributed by atoms with Crippen molar-refractivity contribution >= 4 is 10.0 Å². The second-order valence-electron chi connectivity index (χ2n) is 4.89. The second-order valence-corrected chi connectivity index (χ2v) is 6.60. The number of aryl methyl sites for hydroxylation is 2. The van der Waals surface area contributed by atoms with Crippen molar-refractivity contribution in [3.8, 4) is 0 Å². The summed E-state index contributed by atoms with van der Waals surface area (Å²) in [6, 6.07) is 4.84. The fraction of sp³-hybridized carbons (Fsp3) is 0.385. The lowest BCUT2D eigenvalue weighted by molar-refractivity contribution is 0.493. The molecule has 0 aliphatic rings. The van der Waals surface area contributed by atoms with Gasteiger partial charge in [0, 0.05) is 6.04 Å². The first-order valence-corrected chi connectivity index (χ1v) is 7.79. The smallest absolute Gasteiger partial charge is 0.240 e. The predicted octanol–water partition coefficient (Wildman–Crippen LogP) is 1.26. The highest BCUT2D eigenvalue weighted by Crippen LogP contribution is 2.15. The Morgan fingerprint density at radius 3 is 2.65 bits per heavy atom. The molecule has 0 spiro atoms. The molecule has 0 radical (unpaired) electrons. The van der Waals surface area contributed by atoms with Crippen molar-refractivity contribution in [2.45, 2.75) is 38.3 Å². The third-order valence-electron chi connectivity index (χ3n) is 3.07. The van der Waals surface area contributed by atoms with Gasteiger partial charge in [0.25, 0.3) is 0 Å². The molecule has 1 unspecified atom stereocenters. The molecule has 0 bridgehead atoms. The number of nitrogens with zero attached hydrogens (tertiary/aromatic N) is 3. The van der Waals surface area contributed by atoms with Gasteiger partial charge in [0.05, 0.1) is 11.4 Å². The zero-order valence-corrected chi connectivity index (χ0v) is 12.6. The van der Waals surface area contributed by atoms with Crippen molar-refractivity contribution < 1.29 is 8.42 Å². The molecule has 6 nitrogen and oxygen atoms in total. The van der Waals surface area contributed by atoms with Gasteiger partial charge in [-0.15, -0.1) is 0 Å². The zero-order valence-electron chi connectivity index (χ0n) is 11.7. The highest BCUT2D eigenvalue weighted by Gasteiger charge is 2.18. The minimum atomic E-state index is -3.51. The molecule has 108 valence electrons. The number of aromatic nitrogens is 3. The van der Waals surface area contributed by atoms with Crippen molar-refractivity contribution in [3.05, 3.63) is 42.0 Å². The van der Waals surface area contributed by atoms with Gasteiger partial charge in [-0.05, 0) is 44.0 Å². The molecule has 0 aliphatic heterocycles. The van der Waals surface area contributed by atoms with Gasteiger partial charge in [0.2, 0.25) is 10.0 Å². The monoisotopic (exact) mass is 294 g/mol. The molecule has 2 aromatic rings. The molecule has 20 heavy (non-hydrogen) atoms. The van der Waals surface area contributed by atoms with Crippen LogP contribution < -0.4 is 4.72 Å². The van der Waals surface area contributed by atoms with Crippen LogP contribution in [-0.4, -0.2) is 29.2 Å². The Labute approximate surface area is 118 Å². The second kappa shape index (κ2) is 5.72. The lowest BCUT2D eigenvalue weighted by atomic mass is 10.1. The molecule has 1 aromatic heterocycles. The highest BCUT2D eigenvalue weighted by molar-refractivity contribution is 7.89. The number of hydrogen-bond donors (Lipinski definition) is 1. The van der Waals surface area contributed by atoms with Gasteiger partial charge in [0.1, 0.15) is 12.7 Å². The maximum atomic E-state index is 12.3. The number of sulfonamides is 1. The number of nitrogens with one attached hydrogen (secondary N) is 1. The van der Waals surface area contributed by atoms with Crippen LogP contribution in [0.25, 0.3) is 0 Å². The van der Waals surface area contributed by atoms with Crippen molar-refractivity contribution in [2.24, 2.45) is 0 Å². The van der Waals surface area contributed by atoms with E-state index in [1.807, 2.05) is 19.9 Å². The summed E-state index contributed by atoms with van der Waals surface area (Å²) in [6.07, 6.45) is 2.98. The summed E-state index contributed by atoms with van der Waals surface area (Å²) in [7, 11) is -3.51. The molecular formula is C13H18N4O2S. The minimum absolute atomic E-state index is 0.275. The summed E-state index contributed by atoms with van der Waals surface area (Å²) in [4.78, 5) is 4.11. The summed E-state index contributed by atoms with van der Waals surface area (Å²) < 4.78 is 28.8. The van der Waals surface area contributed by atoms with Crippen molar-refractivity contribution in [3.63, 3.8) is 0 Å². The van der Waals surface area contributed by atoms with Crippen LogP contribution in [-0.2, 0) is 16.6 Å². The van der Waals surface area contributed by atoms with E-state index in [2.05, 4.69) is 14.8 Å². The van der Waals surface area contributed by atoms with Gasteiger partial charge in [-0.3, -0.25) is 4.68 Å². The lowest BCUT2D eigenvalue weighted by Gasteiger charge is -2.14. The van der Waals surface area contributed by atoms with E-state index in [4.69, 9.17) is 0 Å². The summed E-state index contributed by atoms with van der Waals surface area (Å²) in [5, 5.41) is 3.96. The van der Waals surface area contributed by atoms with Crippen LogP contribution in [0.1, 0.15) is 18.1 Å². The molecule has 7 heteroatoms. The van der Waals surface area contributed by atoms with Crippen LogP contribution in [0.2, 0.25) is 0 Å². The van der Waals surface area contributed by atoms with Crippen molar-refractivity contribution in [1.29, 1.82) is 0 Å². The van der Waals surface area contributed by atoms with Gasteiger partial charge in [0.15, 0.2) is 0 Å². The van der Waals surface area contributed by atoms with Crippen LogP contribution in [0.3, 0.4) is 0 Å². The molecule has 1 aromatic carbocycles. The van der Waals surface area contributed by atoms with Gasteiger partial charge in [-0.1, -0.05) is 6.07 Å². The summed E-state index contributed by atoms with van der Waals surface area (Å²) in [6.45, 7) is 6.07. The predicted molar refractivity (Wildman–Crippen MR) is 75.7 cm³/mol. The molecule has 1 N–H and O–H groups in total. The number of benzene rings is 1. The Morgan fingerprint density at radius 1 is 1.30 bits per heavy atom. The Morgan fingerprint density at radius 2 is 2.05 bits per heavy atom. The molecule has 2 rings (SSSR count). The first kappa shape index (κ1) is 14.7.